The average Bonchev–Trinajstić information content (AvgIpc) is 2.48. The zero-order chi connectivity index (χ0) is 15.7. The summed E-state index contributed by atoms with van der Waals surface area (Å²) in [6.07, 6.45) is 5.90. The van der Waals surface area contributed by atoms with E-state index >= 15 is 0 Å². The molecule has 6 nitrogen and oxygen atoms in total. The number of benzene rings is 1. The lowest BCUT2D eigenvalue weighted by Gasteiger charge is -2.45. The summed E-state index contributed by atoms with van der Waals surface area (Å²) < 4.78 is 0. The Kier molecular flexibility index (Phi) is 3.68. The number of aliphatic imine (C=N–C) groups is 2. The van der Waals surface area contributed by atoms with E-state index in [0.29, 0.717) is 11.6 Å². The van der Waals surface area contributed by atoms with Gasteiger partial charge >= 0.3 is 0 Å². The quantitative estimate of drug-likeness (QED) is 0.778. The maximum atomic E-state index is 10.4. The summed E-state index contributed by atoms with van der Waals surface area (Å²) in [7, 11) is 0. The number of hydrogen-bond donors (Lipinski definition) is 3. The van der Waals surface area contributed by atoms with Gasteiger partial charge in [-0.25, -0.2) is 4.99 Å². The Labute approximate surface area is 130 Å². The normalized spacial score (nSPS) is 20.7. The number of aryl methyl sites for hydroxylation is 1. The van der Waals surface area contributed by atoms with Gasteiger partial charge in [-0.05, 0) is 49.8 Å². The van der Waals surface area contributed by atoms with E-state index in [1.165, 1.54) is 6.42 Å². The first-order valence-electron chi connectivity index (χ1n) is 7.87. The van der Waals surface area contributed by atoms with Crippen molar-refractivity contribution in [1.82, 2.24) is 0 Å². The number of nitrogens with two attached hydrogens (primary N) is 2. The topological polar surface area (TPSA) is 100 Å². The molecule has 0 unspecified atom stereocenters. The van der Waals surface area contributed by atoms with Crippen LogP contribution in [0.25, 0.3) is 0 Å². The van der Waals surface area contributed by atoms with Crippen molar-refractivity contribution < 1.29 is 5.11 Å². The second kappa shape index (κ2) is 5.51. The third-order valence-electron chi connectivity index (χ3n) is 4.54. The van der Waals surface area contributed by atoms with Crippen LogP contribution in [0.5, 0.6) is 5.75 Å². The fraction of sp³-hybridized carbons (Fsp3) is 0.500. The second-order valence-corrected chi connectivity index (χ2v) is 6.00. The predicted molar refractivity (Wildman–Crippen MR) is 89.0 cm³/mol. The molecule has 0 saturated heterocycles. The Morgan fingerprint density at radius 1 is 1.23 bits per heavy atom. The van der Waals surface area contributed by atoms with Gasteiger partial charge < -0.3 is 16.6 Å². The van der Waals surface area contributed by atoms with Crippen LogP contribution in [0.4, 0.5) is 5.69 Å². The van der Waals surface area contributed by atoms with Crippen LogP contribution in [0.15, 0.2) is 28.2 Å². The molecule has 0 aromatic heterocycles. The molecular formula is C16H23N5O. The standard InChI is InChI=1S/C16H23N5O/c1-2-11-6-7-12(13(22)10-11)21-15(18)19-14(17)20-16(21)8-4-3-5-9-16/h6-7,10,22H,2-5,8-9H2,1H3,(H4,17,18,19,20). The van der Waals surface area contributed by atoms with E-state index in [2.05, 4.69) is 16.9 Å². The minimum Gasteiger partial charge on any atom is -0.506 e. The highest BCUT2D eigenvalue weighted by Crippen LogP contribution is 2.42. The van der Waals surface area contributed by atoms with Crippen LogP contribution in [0.1, 0.15) is 44.6 Å². The lowest BCUT2D eigenvalue weighted by atomic mass is 9.87. The van der Waals surface area contributed by atoms with Crippen molar-refractivity contribution in [1.29, 1.82) is 0 Å². The SMILES string of the molecule is CCc1ccc(N2C(N)=NC(N)=NC23CCCCC3)c(O)c1. The molecule has 1 heterocycles. The number of rotatable bonds is 2. The summed E-state index contributed by atoms with van der Waals surface area (Å²) in [6, 6.07) is 5.67. The number of aromatic hydroxyl groups is 1. The molecule has 0 radical (unpaired) electrons. The number of hydrogen-bond acceptors (Lipinski definition) is 6. The van der Waals surface area contributed by atoms with Crippen molar-refractivity contribution in [3.63, 3.8) is 0 Å². The summed E-state index contributed by atoms with van der Waals surface area (Å²) in [4.78, 5) is 10.6. The van der Waals surface area contributed by atoms with Crippen LogP contribution in [0.3, 0.4) is 0 Å². The maximum Gasteiger partial charge on any atom is 0.220 e. The van der Waals surface area contributed by atoms with E-state index in [4.69, 9.17) is 11.5 Å². The second-order valence-electron chi connectivity index (χ2n) is 6.00. The first-order chi connectivity index (χ1) is 10.6. The van der Waals surface area contributed by atoms with Crippen molar-refractivity contribution >= 4 is 17.6 Å². The van der Waals surface area contributed by atoms with Gasteiger partial charge in [0, 0.05) is 0 Å². The van der Waals surface area contributed by atoms with Crippen LogP contribution >= 0.6 is 0 Å². The van der Waals surface area contributed by atoms with Crippen LogP contribution in [-0.2, 0) is 6.42 Å². The lowest BCUT2D eigenvalue weighted by Crippen LogP contribution is -2.58. The van der Waals surface area contributed by atoms with E-state index in [1.54, 1.807) is 6.07 Å². The molecule has 2 aliphatic rings. The molecule has 1 aliphatic carbocycles. The Balaban J connectivity index is 2.08. The average molecular weight is 301 g/mol. The Hall–Kier alpha value is -2.24. The van der Waals surface area contributed by atoms with Gasteiger partial charge in [0.2, 0.25) is 11.9 Å². The van der Waals surface area contributed by atoms with Gasteiger partial charge in [-0.15, -0.1) is 0 Å². The highest BCUT2D eigenvalue weighted by Gasteiger charge is 2.43. The summed E-state index contributed by atoms with van der Waals surface area (Å²) in [5, 5.41) is 10.4. The lowest BCUT2D eigenvalue weighted by molar-refractivity contribution is 0.303. The summed E-state index contributed by atoms with van der Waals surface area (Å²) in [6.45, 7) is 2.05. The molecular weight excluding hydrogens is 278 g/mol. The molecule has 0 bridgehead atoms. The van der Waals surface area contributed by atoms with E-state index in [9.17, 15) is 5.11 Å². The summed E-state index contributed by atoms with van der Waals surface area (Å²) in [5.74, 6) is 0.729. The third kappa shape index (κ3) is 2.38. The van der Waals surface area contributed by atoms with Crippen molar-refractivity contribution in [2.45, 2.75) is 51.1 Å². The van der Waals surface area contributed by atoms with Gasteiger partial charge in [0.25, 0.3) is 0 Å². The van der Waals surface area contributed by atoms with Crippen molar-refractivity contribution in [2.24, 2.45) is 21.5 Å². The van der Waals surface area contributed by atoms with Crippen LogP contribution in [0, 0.1) is 0 Å². The molecule has 1 aromatic rings. The van der Waals surface area contributed by atoms with Gasteiger partial charge in [0.1, 0.15) is 11.4 Å². The molecule has 1 fully saturated rings. The van der Waals surface area contributed by atoms with Gasteiger partial charge in [-0.1, -0.05) is 19.4 Å². The van der Waals surface area contributed by atoms with Gasteiger partial charge in [0.15, 0.2) is 0 Å². The highest BCUT2D eigenvalue weighted by molar-refractivity contribution is 6.06. The molecule has 1 aliphatic heterocycles. The Morgan fingerprint density at radius 3 is 2.59 bits per heavy atom. The third-order valence-corrected chi connectivity index (χ3v) is 4.54. The van der Waals surface area contributed by atoms with Crippen LogP contribution in [-0.4, -0.2) is 22.7 Å². The number of phenols is 1. The Morgan fingerprint density at radius 2 is 1.95 bits per heavy atom. The van der Waals surface area contributed by atoms with Gasteiger partial charge in [-0.2, -0.15) is 4.99 Å². The number of phenolic OH excluding ortho intramolecular Hbond substituents is 1. The monoisotopic (exact) mass is 301 g/mol. The number of guanidine groups is 2. The molecule has 1 saturated carbocycles. The fourth-order valence-electron chi connectivity index (χ4n) is 3.45. The van der Waals surface area contributed by atoms with E-state index in [0.717, 1.165) is 37.7 Å². The number of nitrogens with zero attached hydrogens (tertiary/aromatic N) is 3. The van der Waals surface area contributed by atoms with E-state index in [1.807, 2.05) is 17.0 Å². The molecule has 22 heavy (non-hydrogen) atoms. The number of anilines is 1. The predicted octanol–water partition coefficient (Wildman–Crippen LogP) is 2.06. The zero-order valence-electron chi connectivity index (χ0n) is 12.9. The molecule has 5 N–H and O–H groups in total. The highest BCUT2D eigenvalue weighted by atomic mass is 16.3. The van der Waals surface area contributed by atoms with Crippen molar-refractivity contribution in [3.05, 3.63) is 23.8 Å². The first-order valence-corrected chi connectivity index (χ1v) is 7.87. The van der Waals surface area contributed by atoms with Gasteiger partial charge in [-0.3, -0.25) is 4.90 Å². The molecule has 1 spiro atoms. The maximum absolute atomic E-state index is 10.4. The summed E-state index contributed by atoms with van der Waals surface area (Å²) in [5.41, 5.74) is 13.2. The smallest absolute Gasteiger partial charge is 0.220 e. The molecule has 1 aromatic carbocycles. The Bertz CT molecular complexity index is 631. The van der Waals surface area contributed by atoms with Crippen LogP contribution < -0.4 is 16.4 Å². The largest absolute Gasteiger partial charge is 0.506 e. The molecule has 0 atom stereocenters. The van der Waals surface area contributed by atoms with Crippen molar-refractivity contribution in [2.75, 3.05) is 4.90 Å². The molecule has 3 rings (SSSR count). The molecule has 0 amide bonds. The minimum atomic E-state index is -0.515. The molecule has 6 heteroatoms. The summed E-state index contributed by atoms with van der Waals surface area (Å²) >= 11 is 0. The van der Waals surface area contributed by atoms with E-state index < -0.39 is 5.66 Å². The molecule has 118 valence electrons. The van der Waals surface area contributed by atoms with E-state index in [-0.39, 0.29) is 11.7 Å². The zero-order valence-corrected chi connectivity index (χ0v) is 12.9. The first kappa shape index (κ1) is 14.7. The van der Waals surface area contributed by atoms with Gasteiger partial charge in [0.05, 0.1) is 5.69 Å². The van der Waals surface area contributed by atoms with Crippen LogP contribution in [0.2, 0.25) is 0 Å². The minimum absolute atomic E-state index is 0.207. The van der Waals surface area contributed by atoms with Crippen molar-refractivity contribution in [3.8, 4) is 5.75 Å². The fourth-order valence-corrected chi connectivity index (χ4v) is 3.45.